The van der Waals surface area contributed by atoms with E-state index in [-0.39, 0.29) is 5.78 Å². The van der Waals surface area contributed by atoms with Crippen molar-refractivity contribution in [2.45, 2.75) is 12.8 Å². The van der Waals surface area contributed by atoms with Gasteiger partial charge in [-0.2, -0.15) is 0 Å². The Bertz CT molecular complexity index is 348. The number of methoxy groups -OCH3 is 1. The average molecular weight is 221 g/mol. The van der Waals surface area contributed by atoms with Gasteiger partial charge in [0.15, 0.2) is 0 Å². The molecule has 0 atom stereocenters. The van der Waals surface area contributed by atoms with Crippen LogP contribution in [0.15, 0.2) is 24.3 Å². The molecule has 0 bridgehead atoms. The van der Waals surface area contributed by atoms with Gasteiger partial charge < -0.3 is 9.64 Å². The third-order valence-corrected chi connectivity index (χ3v) is 2.37. The van der Waals surface area contributed by atoms with E-state index in [1.807, 2.05) is 43.3 Å². The van der Waals surface area contributed by atoms with Gasteiger partial charge in [0.05, 0.1) is 7.11 Å². The Hall–Kier alpha value is -1.35. The Kier molecular flexibility index (Phi) is 4.99. The number of rotatable bonds is 6. The summed E-state index contributed by atoms with van der Waals surface area (Å²) < 4.78 is 5.12. The number of Topliss-reactive ketones (excluding diaryl/α,β-unsaturated/α-hetero) is 1. The van der Waals surface area contributed by atoms with Crippen LogP contribution in [-0.2, 0) is 11.2 Å². The Morgan fingerprint density at radius 1 is 1.38 bits per heavy atom. The summed E-state index contributed by atoms with van der Waals surface area (Å²) in [6.45, 7) is 0.808. The van der Waals surface area contributed by atoms with Gasteiger partial charge in [-0.3, -0.25) is 4.79 Å². The molecule has 0 saturated heterocycles. The van der Waals surface area contributed by atoms with Crippen molar-refractivity contribution in [1.29, 1.82) is 0 Å². The van der Waals surface area contributed by atoms with Crippen molar-refractivity contribution in [3.05, 3.63) is 29.8 Å². The molecule has 0 unspecified atom stereocenters. The standard InChI is InChI=1S/C13H19NO2/c1-14(2)8-7-12(15)9-11-5-4-6-13(10-11)16-3/h4-6,10H,7-9H2,1-3H3. The van der Waals surface area contributed by atoms with Gasteiger partial charge in [-0.1, -0.05) is 12.1 Å². The summed E-state index contributed by atoms with van der Waals surface area (Å²) in [5, 5.41) is 0. The van der Waals surface area contributed by atoms with Crippen molar-refractivity contribution < 1.29 is 9.53 Å². The minimum absolute atomic E-state index is 0.266. The lowest BCUT2D eigenvalue weighted by molar-refractivity contribution is -0.118. The first-order valence-corrected chi connectivity index (χ1v) is 5.41. The van der Waals surface area contributed by atoms with Crippen molar-refractivity contribution in [3.63, 3.8) is 0 Å². The van der Waals surface area contributed by atoms with E-state index in [2.05, 4.69) is 0 Å². The van der Waals surface area contributed by atoms with Crippen molar-refractivity contribution in [2.24, 2.45) is 0 Å². The Morgan fingerprint density at radius 2 is 2.12 bits per heavy atom. The van der Waals surface area contributed by atoms with E-state index < -0.39 is 0 Å². The van der Waals surface area contributed by atoms with Crippen LogP contribution in [0.2, 0.25) is 0 Å². The zero-order chi connectivity index (χ0) is 12.0. The second-order valence-electron chi connectivity index (χ2n) is 4.12. The number of ketones is 1. The molecule has 0 saturated carbocycles. The zero-order valence-electron chi connectivity index (χ0n) is 10.2. The molecule has 3 nitrogen and oxygen atoms in total. The molecule has 0 spiro atoms. The fourth-order valence-electron chi connectivity index (χ4n) is 1.45. The molecule has 88 valence electrons. The second kappa shape index (κ2) is 6.28. The van der Waals surface area contributed by atoms with Crippen molar-refractivity contribution in [1.82, 2.24) is 4.90 Å². The van der Waals surface area contributed by atoms with Crippen LogP contribution in [0.4, 0.5) is 0 Å². The minimum Gasteiger partial charge on any atom is -0.497 e. The molecule has 0 heterocycles. The third-order valence-electron chi connectivity index (χ3n) is 2.37. The quantitative estimate of drug-likeness (QED) is 0.733. The van der Waals surface area contributed by atoms with Crippen LogP contribution >= 0.6 is 0 Å². The number of carbonyl (C=O) groups excluding carboxylic acids is 1. The second-order valence-corrected chi connectivity index (χ2v) is 4.12. The molecule has 0 aromatic heterocycles. The van der Waals surface area contributed by atoms with Crippen LogP contribution in [0, 0.1) is 0 Å². The van der Waals surface area contributed by atoms with Gasteiger partial charge in [-0.25, -0.2) is 0 Å². The maximum absolute atomic E-state index is 11.6. The first-order valence-electron chi connectivity index (χ1n) is 5.41. The molecular formula is C13H19NO2. The highest BCUT2D eigenvalue weighted by atomic mass is 16.5. The third kappa shape index (κ3) is 4.45. The van der Waals surface area contributed by atoms with Crippen LogP contribution < -0.4 is 4.74 Å². The highest BCUT2D eigenvalue weighted by Crippen LogP contribution is 2.13. The SMILES string of the molecule is COc1cccc(CC(=O)CCN(C)C)c1. The topological polar surface area (TPSA) is 29.5 Å². The van der Waals surface area contributed by atoms with Crippen LogP contribution in [0.1, 0.15) is 12.0 Å². The van der Waals surface area contributed by atoms with E-state index >= 15 is 0 Å². The maximum atomic E-state index is 11.6. The van der Waals surface area contributed by atoms with E-state index in [0.29, 0.717) is 12.8 Å². The normalized spacial score (nSPS) is 10.5. The summed E-state index contributed by atoms with van der Waals surface area (Å²) in [5.41, 5.74) is 1.02. The highest BCUT2D eigenvalue weighted by molar-refractivity contribution is 5.81. The highest BCUT2D eigenvalue weighted by Gasteiger charge is 2.05. The molecule has 1 aromatic carbocycles. The van der Waals surface area contributed by atoms with Crippen LogP contribution in [0.25, 0.3) is 0 Å². The van der Waals surface area contributed by atoms with Crippen LogP contribution in [0.3, 0.4) is 0 Å². The number of hydrogen-bond acceptors (Lipinski definition) is 3. The fraction of sp³-hybridized carbons (Fsp3) is 0.462. The van der Waals surface area contributed by atoms with Gasteiger partial charge in [-0.05, 0) is 31.8 Å². The average Bonchev–Trinajstić information content (AvgIpc) is 2.26. The minimum atomic E-state index is 0.266. The molecule has 3 heteroatoms. The van der Waals surface area contributed by atoms with Crippen LogP contribution in [0.5, 0.6) is 5.75 Å². The summed E-state index contributed by atoms with van der Waals surface area (Å²) in [4.78, 5) is 13.7. The molecule has 1 rings (SSSR count). The Labute approximate surface area is 97.0 Å². The van der Waals surface area contributed by atoms with E-state index in [1.165, 1.54) is 0 Å². The number of carbonyl (C=O) groups is 1. The number of benzene rings is 1. The molecule has 0 aliphatic carbocycles. The van der Waals surface area contributed by atoms with Crippen molar-refractivity contribution in [3.8, 4) is 5.75 Å². The van der Waals surface area contributed by atoms with Gasteiger partial charge in [0.25, 0.3) is 0 Å². The van der Waals surface area contributed by atoms with Crippen molar-refractivity contribution in [2.75, 3.05) is 27.7 Å². The van der Waals surface area contributed by atoms with E-state index in [1.54, 1.807) is 7.11 Å². The Balaban J connectivity index is 2.49. The molecule has 0 radical (unpaired) electrons. The molecular weight excluding hydrogens is 202 g/mol. The monoisotopic (exact) mass is 221 g/mol. The predicted molar refractivity (Wildman–Crippen MR) is 64.9 cm³/mol. The fourth-order valence-corrected chi connectivity index (χ4v) is 1.45. The Morgan fingerprint density at radius 3 is 2.75 bits per heavy atom. The largest absolute Gasteiger partial charge is 0.497 e. The molecule has 0 aliphatic heterocycles. The molecule has 1 aromatic rings. The predicted octanol–water partition coefficient (Wildman–Crippen LogP) is 1.76. The molecule has 16 heavy (non-hydrogen) atoms. The summed E-state index contributed by atoms with van der Waals surface area (Å²) in [7, 11) is 5.57. The van der Waals surface area contributed by atoms with Crippen molar-refractivity contribution >= 4 is 5.78 Å². The lowest BCUT2D eigenvalue weighted by Crippen LogP contribution is -2.17. The van der Waals surface area contributed by atoms with Gasteiger partial charge in [0.1, 0.15) is 11.5 Å². The molecule has 0 N–H and O–H groups in total. The maximum Gasteiger partial charge on any atom is 0.138 e. The lowest BCUT2D eigenvalue weighted by Gasteiger charge is -2.08. The summed E-state index contributed by atoms with van der Waals surface area (Å²) in [6.07, 6.45) is 1.09. The summed E-state index contributed by atoms with van der Waals surface area (Å²) >= 11 is 0. The van der Waals surface area contributed by atoms with E-state index in [9.17, 15) is 4.79 Å². The first-order chi connectivity index (χ1) is 7.61. The van der Waals surface area contributed by atoms with Crippen LogP contribution in [-0.4, -0.2) is 38.4 Å². The van der Waals surface area contributed by atoms with E-state index in [0.717, 1.165) is 17.9 Å². The number of ether oxygens (including phenoxy) is 1. The van der Waals surface area contributed by atoms with Gasteiger partial charge in [0, 0.05) is 19.4 Å². The zero-order valence-corrected chi connectivity index (χ0v) is 10.2. The number of hydrogen-bond donors (Lipinski definition) is 0. The lowest BCUT2D eigenvalue weighted by atomic mass is 10.1. The smallest absolute Gasteiger partial charge is 0.138 e. The summed E-state index contributed by atoms with van der Waals surface area (Å²) in [5.74, 6) is 1.07. The van der Waals surface area contributed by atoms with Gasteiger partial charge in [0.2, 0.25) is 0 Å². The van der Waals surface area contributed by atoms with Gasteiger partial charge >= 0.3 is 0 Å². The molecule has 0 aliphatic rings. The van der Waals surface area contributed by atoms with E-state index in [4.69, 9.17) is 4.74 Å². The summed E-state index contributed by atoms with van der Waals surface area (Å²) in [6, 6.07) is 7.66. The number of nitrogens with zero attached hydrogens (tertiary/aromatic N) is 1. The molecule has 0 amide bonds. The first kappa shape index (κ1) is 12.7. The molecule has 0 fully saturated rings. The van der Waals surface area contributed by atoms with Gasteiger partial charge in [-0.15, -0.1) is 0 Å².